The van der Waals surface area contributed by atoms with E-state index in [0.29, 0.717) is 0 Å². The molecule has 1 aromatic heterocycles. The van der Waals surface area contributed by atoms with Gasteiger partial charge in [-0.05, 0) is 49.8 Å². The van der Waals surface area contributed by atoms with Crippen LogP contribution in [0.3, 0.4) is 0 Å². The van der Waals surface area contributed by atoms with Gasteiger partial charge in [-0.3, -0.25) is 4.98 Å². The number of hydrogen-bond donors (Lipinski definition) is 0. The monoisotopic (exact) mass is 309 g/mol. The largest absolute Gasteiger partial charge is 0.253 e. The zero-order chi connectivity index (χ0) is 15.9. The van der Waals surface area contributed by atoms with Crippen molar-refractivity contribution in [3.63, 3.8) is 0 Å². The molecule has 0 atom stereocenters. The van der Waals surface area contributed by atoms with E-state index in [1.807, 2.05) is 0 Å². The molecular weight excluding hydrogens is 278 g/mol. The van der Waals surface area contributed by atoms with Gasteiger partial charge in [-0.15, -0.1) is 0 Å². The van der Waals surface area contributed by atoms with E-state index in [0.717, 1.165) is 0 Å². The summed E-state index contributed by atoms with van der Waals surface area (Å²) in [5, 5.41) is 1.40. The molecule has 0 spiro atoms. The van der Waals surface area contributed by atoms with Crippen LogP contribution in [0.4, 0.5) is 0 Å². The minimum absolute atomic E-state index is 1.19. The smallest absolute Gasteiger partial charge is 0.0708 e. The third-order valence-electron chi connectivity index (χ3n) is 5.42. The van der Waals surface area contributed by atoms with Crippen LogP contribution in [0, 0.1) is 6.92 Å². The van der Waals surface area contributed by atoms with E-state index in [1.165, 1.54) is 93.6 Å². The molecule has 0 amide bonds. The normalized spacial score (nSPS) is 18.3. The predicted octanol–water partition coefficient (Wildman–Crippen LogP) is 6.54. The van der Waals surface area contributed by atoms with E-state index < -0.39 is 0 Å². The molecule has 124 valence electrons. The zero-order valence-electron chi connectivity index (χ0n) is 14.7. The molecule has 0 N–H and O–H groups in total. The summed E-state index contributed by atoms with van der Waals surface area (Å²) >= 11 is 0. The Kier molecular flexibility index (Phi) is 6.07. The van der Waals surface area contributed by atoms with Gasteiger partial charge in [0.15, 0.2) is 0 Å². The third-order valence-corrected chi connectivity index (χ3v) is 5.42. The average Bonchev–Trinajstić information content (AvgIpc) is 2.57. The lowest BCUT2D eigenvalue weighted by Crippen LogP contribution is -2.03. The fraction of sp³-hybridized carbons (Fsp3) is 0.591. The van der Waals surface area contributed by atoms with Crippen LogP contribution in [0.2, 0.25) is 0 Å². The topological polar surface area (TPSA) is 12.9 Å². The lowest BCUT2D eigenvalue weighted by molar-refractivity contribution is 0.546. The molecule has 2 aromatic rings. The minimum atomic E-state index is 1.19. The molecule has 3 rings (SSSR count). The first kappa shape index (κ1) is 16.5. The maximum atomic E-state index is 4.89. The van der Waals surface area contributed by atoms with Crippen molar-refractivity contribution in [3.8, 4) is 0 Å². The van der Waals surface area contributed by atoms with Gasteiger partial charge in [0.25, 0.3) is 0 Å². The van der Waals surface area contributed by atoms with E-state index >= 15 is 0 Å². The Morgan fingerprint density at radius 1 is 0.652 bits per heavy atom. The molecule has 1 heteroatoms. The minimum Gasteiger partial charge on any atom is -0.253 e. The highest BCUT2D eigenvalue weighted by molar-refractivity contribution is 5.83. The second kappa shape index (κ2) is 8.47. The Morgan fingerprint density at radius 2 is 1.17 bits per heavy atom. The first-order chi connectivity index (χ1) is 11.4. The fourth-order valence-corrected chi connectivity index (χ4v) is 4.09. The number of nitrogens with zero attached hydrogens (tertiary/aromatic N) is 1. The number of aromatic nitrogens is 1. The van der Waals surface area contributed by atoms with Crippen LogP contribution in [0.1, 0.15) is 81.0 Å². The van der Waals surface area contributed by atoms with Gasteiger partial charge >= 0.3 is 0 Å². The molecule has 1 aromatic carbocycles. The molecule has 23 heavy (non-hydrogen) atoms. The quantitative estimate of drug-likeness (QED) is 0.538. The summed E-state index contributed by atoms with van der Waals surface area (Å²) in [6.07, 6.45) is 16.5. The number of para-hydroxylation sites is 1. The van der Waals surface area contributed by atoms with Crippen LogP contribution in [0.15, 0.2) is 24.3 Å². The summed E-state index contributed by atoms with van der Waals surface area (Å²) in [4.78, 5) is 4.89. The summed E-state index contributed by atoms with van der Waals surface area (Å²) < 4.78 is 0. The van der Waals surface area contributed by atoms with Crippen LogP contribution in [-0.4, -0.2) is 4.98 Å². The van der Waals surface area contributed by atoms with Gasteiger partial charge in [0.2, 0.25) is 0 Å². The lowest BCUT2D eigenvalue weighted by Gasteiger charge is -2.16. The van der Waals surface area contributed by atoms with Gasteiger partial charge in [-0.1, -0.05) is 69.6 Å². The average molecular weight is 309 g/mol. The number of rotatable bonds is 0. The van der Waals surface area contributed by atoms with Gasteiger partial charge in [0, 0.05) is 11.1 Å². The van der Waals surface area contributed by atoms with Crippen LogP contribution in [0.25, 0.3) is 10.9 Å². The number of hydrogen-bond acceptors (Lipinski definition) is 1. The van der Waals surface area contributed by atoms with Crippen molar-refractivity contribution >= 4 is 10.9 Å². The van der Waals surface area contributed by atoms with Gasteiger partial charge in [-0.25, -0.2) is 0 Å². The van der Waals surface area contributed by atoms with E-state index in [9.17, 15) is 0 Å². The Morgan fingerprint density at radius 3 is 1.83 bits per heavy atom. The SMILES string of the molecule is Cc1nc2ccccc2c2c1CCCCCCCCCCCC2. The van der Waals surface area contributed by atoms with Crippen LogP contribution < -0.4 is 0 Å². The molecule has 1 nitrogen and oxygen atoms in total. The number of aryl methyl sites for hydroxylation is 2. The summed E-state index contributed by atoms with van der Waals surface area (Å²) in [5.41, 5.74) is 5.61. The second-order valence-electron chi connectivity index (χ2n) is 7.21. The van der Waals surface area contributed by atoms with Crippen LogP contribution in [0.5, 0.6) is 0 Å². The van der Waals surface area contributed by atoms with Crippen molar-refractivity contribution in [2.24, 2.45) is 0 Å². The standard InChI is InChI=1S/C22H31N/c1-18-19-14-10-8-6-4-2-3-5-7-9-11-15-20(19)21-16-12-13-17-22(21)23-18/h12-13,16-17H,2-11,14-15H2,1H3. The molecular formula is C22H31N. The highest BCUT2D eigenvalue weighted by Gasteiger charge is 2.12. The van der Waals surface area contributed by atoms with E-state index in [1.54, 1.807) is 11.1 Å². The van der Waals surface area contributed by atoms with Gasteiger partial charge in [0.05, 0.1) is 5.52 Å². The predicted molar refractivity (Wildman–Crippen MR) is 100 cm³/mol. The van der Waals surface area contributed by atoms with Crippen LogP contribution >= 0.6 is 0 Å². The summed E-state index contributed by atoms with van der Waals surface area (Å²) in [5.74, 6) is 0. The van der Waals surface area contributed by atoms with Crippen molar-refractivity contribution in [1.29, 1.82) is 0 Å². The molecule has 1 aliphatic carbocycles. The Balaban J connectivity index is 1.89. The summed E-state index contributed by atoms with van der Waals surface area (Å²) in [6.45, 7) is 2.22. The highest BCUT2D eigenvalue weighted by Crippen LogP contribution is 2.27. The van der Waals surface area contributed by atoms with Gasteiger partial charge < -0.3 is 0 Å². The summed E-state index contributed by atoms with van der Waals surface area (Å²) in [6, 6.07) is 8.74. The Bertz CT molecular complexity index is 629. The molecule has 0 aliphatic heterocycles. The third kappa shape index (κ3) is 4.34. The summed E-state index contributed by atoms with van der Waals surface area (Å²) in [7, 11) is 0. The van der Waals surface area contributed by atoms with Gasteiger partial charge in [0.1, 0.15) is 0 Å². The first-order valence-corrected chi connectivity index (χ1v) is 9.73. The Labute approximate surface area is 141 Å². The van der Waals surface area contributed by atoms with Crippen molar-refractivity contribution in [2.75, 3.05) is 0 Å². The molecule has 0 saturated heterocycles. The fourth-order valence-electron chi connectivity index (χ4n) is 4.09. The van der Waals surface area contributed by atoms with E-state index in [2.05, 4.69) is 31.2 Å². The molecule has 0 saturated carbocycles. The van der Waals surface area contributed by atoms with Crippen molar-refractivity contribution in [1.82, 2.24) is 4.98 Å². The molecule has 0 bridgehead atoms. The number of benzene rings is 1. The van der Waals surface area contributed by atoms with Crippen molar-refractivity contribution in [3.05, 3.63) is 41.1 Å². The second-order valence-corrected chi connectivity index (χ2v) is 7.21. The van der Waals surface area contributed by atoms with Gasteiger partial charge in [-0.2, -0.15) is 0 Å². The molecule has 0 radical (unpaired) electrons. The molecule has 0 unspecified atom stereocenters. The van der Waals surface area contributed by atoms with Crippen molar-refractivity contribution < 1.29 is 0 Å². The maximum Gasteiger partial charge on any atom is 0.0708 e. The first-order valence-electron chi connectivity index (χ1n) is 9.73. The molecule has 0 fully saturated rings. The Hall–Kier alpha value is -1.37. The van der Waals surface area contributed by atoms with Crippen molar-refractivity contribution in [2.45, 2.75) is 84.0 Å². The van der Waals surface area contributed by atoms with E-state index in [-0.39, 0.29) is 0 Å². The zero-order valence-corrected chi connectivity index (χ0v) is 14.7. The number of fused-ring (bicyclic) bond motifs is 3. The van der Waals surface area contributed by atoms with E-state index in [4.69, 9.17) is 4.98 Å². The number of pyridine rings is 1. The highest BCUT2D eigenvalue weighted by atomic mass is 14.7. The molecule has 1 heterocycles. The maximum absolute atomic E-state index is 4.89. The lowest BCUT2D eigenvalue weighted by atomic mass is 9.92. The van der Waals surface area contributed by atoms with Crippen LogP contribution in [-0.2, 0) is 12.8 Å². The molecule has 1 aliphatic rings.